The number of carbonyl (C=O) groups excluding carboxylic acids is 3. The number of hydrogen-bond acceptors (Lipinski definition) is 6. The Bertz CT molecular complexity index is 1130. The topological polar surface area (TPSA) is 96.4 Å². The Morgan fingerprint density at radius 1 is 1.27 bits per heavy atom. The first kappa shape index (κ1) is 30.8. The summed E-state index contributed by atoms with van der Waals surface area (Å²) in [7, 11) is 0. The van der Waals surface area contributed by atoms with E-state index in [9.17, 15) is 19.5 Å². The van der Waals surface area contributed by atoms with Crippen molar-refractivity contribution < 1.29 is 29.0 Å². The van der Waals surface area contributed by atoms with Crippen molar-refractivity contribution in [1.29, 1.82) is 0 Å². The maximum absolute atomic E-state index is 14.6. The lowest BCUT2D eigenvalue weighted by atomic mass is 9.70. The molecule has 10 heteroatoms. The van der Waals surface area contributed by atoms with Gasteiger partial charge in [0.1, 0.15) is 11.6 Å². The number of carbonyl (C=O) groups is 3. The van der Waals surface area contributed by atoms with E-state index in [0.29, 0.717) is 23.6 Å². The Morgan fingerprint density at radius 2 is 1.98 bits per heavy atom. The number of esters is 1. The molecule has 3 aliphatic heterocycles. The van der Waals surface area contributed by atoms with Gasteiger partial charge in [-0.1, -0.05) is 53.5 Å². The molecular formula is C30H38BrClN2O6. The van der Waals surface area contributed by atoms with E-state index in [2.05, 4.69) is 29.1 Å². The number of amides is 2. The van der Waals surface area contributed by atoms with Crippen LogP contribution in [0.2, 0.25) is 5.02 Å². The first-order valence-corrected chi connectivity index (χ1v) is 15.1. The maximum Gasteiger partial charge on any atom is 0.312 e. The van der Waals surface area contributed by atoms with Crippen LogP contribution < -0.4 is 4.90 Å². The number of halogens is 2. The van der Waals surface area contributed by atoms with Crippen molar-refractivity contribution in [3.63, 3.8) is 0 Å². The summed E-state index contributed by atoms with van der Waals surface area (Å²) in [6.07, 6.45) is 5.54. The zero-order chi connectivity index (χ0) is 29.2. The minimum absolute atomic E-state index is 0.157. The molecule has 3 fully saturated rings. The highest BCUT2D eigenvalue weighted by atomic mass is 79.9. The van der Waals surface area contributed by atoms with Crippen LogP contribution in [0.1, 0.15) is 39.5 Å². The smallest absolute Gasteiger partial charge is 0.312 e. The number of rotatable bonds is 13. The van der Waals surface area contributed by atoms with Gasteiger partial charge in [-0.3, -0.25) is 14.4 Å². The third-order valence-corrected chi connectivity index (χ3v) is 9.41. The van der Waals surface area contributed by atoms with Gasteiger partial charge in [-0.2, -0.15) is 0 Å². The number of unbranched alkanes of at least 4 members (excludes halogenated alkanes) is 2. The number of fused-ring (bicyclic) bond motifs is 1. The van der Waals surface area contributed by atoms with E-state index < -0.39 is 41.6 Å². The van der Waals surface area contributed by atoms with E-state index in [4.69, 9.17) is 21.1 Å². The molecule has 0 aliphatic carbocycles. The van der Waals surface area contributed by atoms with Gasteiger partial charge in [0, 0.05) is 22.1 Å². The van der Waals surface area contributed by atoms with Gasteiger partial charge in [-0.15, -0.1) is 13.2 Å². The summed E-state index contributed by atoms with van der Waals surface area (Å²) in [5.74, 6) is -3.14. The molecule has 1 aromatic carbocycles. The number of aliphatic hydroxyl groups excluding tert-OH is 1. The van der Waals surface area contributed by atoms with Crippen molar-refractivity contribution in [1.82, 2.24) is 4.90 Å². The molecule has 1 aromatic rings. The van der Waals surface area contributed by atoms with Gasteiger partial charge in [0.2, 0.25) is 5.91 Å². The van der Waals surface area contributed by atoms with Crippen LogP contribution >= 0.6 is 27.5 Å². The molecule has 0 radical (unpaired) electrons. The van der Waals surface area contributed by atoms with E-state index in [-0.39, 0.29) is 42.3 Å². The summed E-state index contributed by atoms with van der Waals surface area (Å²) in [5, 5.41) is 10.9. The Kier molecular flexibility index (Phi) is 9.81. The van der Waals surface area contributed by atoms with Crippen molar-refractivity contribution in [2.45, 2.75) is 68.1 Å². The van der Waals surface area contributed by atoms with E-state index in [1.54, 1.807) is 35.2 Å². The molecular weight excluding hydrogens is 600 g/mol. The molecule has 7 atom stereocenters. The summed E-state index contributed by atoms with van der Waals surface area (Å²) in [4.78, 5) is 45.1. The maximum atomic E-state index is 14.6. The van der Waals surface area contributed by atoms with E-state index >= 15 is 0 Å². The van der Waals surface area contributed by atoms with Crippen LogP contribution in [0.25, 0.3) is 0 Å². The van der Waals surface area contributed by atoms with Crippen molar-refractivity contribution >= 4 is 51.0 Å². The van der Waals surface area contributed by atoms with Crippen LogP contribution in [0.5, 0.6) is 0 Å². The van der Waals surface area contributed by atoms with Gasteiger partial charge in [0.25, 0.3) is 5.91 Å². The number of allylic oxidation sites excluding steroid dienone is 1. The molecule has 1 spiro atoms. The number of anilines is 1. The number of ether oxygens (including phenoxy) is 2. The number of aliphatic hydroxyl groups is 1. The van der Waals surface area contributed by atoms with Gasteiger partial charge < -0.3 is 24.4 Å². The monoisotopic (exact) mass is 636 g/mol. The molecule has 0 aromatic heterocycles. The highest BCUT2D eigenvalue weighted by molar-refractivity contribution is 9.09. The quantitative estimate of drug-likeness (QED) is 0.148. The molecule has 4 rings (SSSR count). The number of benzene rings is 1. The van der Waals surface area contributed by atoms with Gasteiger partial charge >= 0.3 is 5.97 Å². The first-order chi connectivity index (χ1) is 19.1. The second kappa shape index (κ2) is 12.8. The third kappa shape index (κ3) is 5.38. The molecule has 3 unspecified atom stereocenters. The number of alkyl halides is 1. The van der Waals surface area contributed by atoms with Gasteiger partial charge in [-0.05, 0) is 55.9 Å². The van der Waals surface area contributed by atoms with Crippen molar-refractivity contribution in [2.24, 2.45) is 17.8 Å². The van der Waals surface area contributed by atoms with Crippen molar-refractivity contribution in [3.05, 3.63) is 54.6 Å². The number of likely N-dealkylation sites (tertiary alicyclic amines) is 1. The van der Waals surface area contributed by atoms with Crippen LogP contribution in [0.3, 0.4) is 0 Å². The van der Waals surface area contributed by atoms with E-state index in [1.807, 2.05) is 19.9 Å². The average Bonchev–Trinajstić information content (AvgIpc) is 3.51. The zero-order valence-electron chi connectivity index (χ0n) is 23.0. The van der Waals surface area contributed by atoms with Gasteiger partial charge in [0.15, 0.2) is 0 Å². The Balaban J connectivity index is 1.75. The molecule has 3 heterocycles. The molecule has 1 N–H and O–H groups in total. The molecule has 8 nitrogen and oxygen atoms in total. The van der Waals surface area contributed by atoms with Crippen molar-refractivity contribution in [3.8, 4) is 0 Å². The summed E-state index contributed by atoms with van der Waals surface area (Å²) in [6, 6.07) is 5.14. The number of hydrogen-bond donors (Lipinski definition) is 1. The predicted octanol–water partition coefficient (Wildman–Crippen LogP) is 4.52. The van der Waals surface area contributed by atoms with Crippen LogP contribution in [-0.2, 0) is 23.9 Å². The lowest BCUT2D eigenvalue weighted by Crippen LogP contribution is -2.60. The number of nitrogens with zero attached hydrogens (tertiary/aromatic N) is 2. The summed E-state index contributed by atoms with van der Waals surface area (Å²) < 4.78 is 12.2. The van der Waals surface area contributed by atoms with Crippen molar-refractivity contribution in [2.75, 3.05) is 24.7 Å². The fourth-order valence-corrected chi connectivity index (χ4v) is 7.54. The minimum Gasteiger partial charge on any atom is -0.465 e. The Hall–Kier alpha value is -2.20. The molecule has 0 saturated carbocycles. The largest absolute Gasteiger partial charge is 0.465 e. The molecule has 2 amide bonds. The average molecular weight is 638 g/mol. The van der Waals surface area contributed by atoms with Crippen LogP contribution in [-0.4, -0.2) is 76.2 Å². The fraction of sp³-hybridized carbons (Fsp3) is 0.567. The third-order valence-electron chi connectivity index (χ3n) is 8.31. The molecule has 218 valence electrons. The van der Waals surface area contributed by atoms with Crippen LogP contribution in [0, 0.1) is 17.8 Å². The Morgan fingerprint density at radius 3 is 2.58 bits per heavy atom. The van der Waals surface area contributed by atoms with Gasteiger partial charge in [0.05, 0.1) is 37.2 Å². The zero-order valence-corrected chi connectivity index (χ0v) is 25.4. The lowest BCUT2D eigenvalue weighted by molar-refractivity contribution is -0.156. The minimum atomic E-state index is -1.26. The predicted molar refractivity (Wildman–Crippen MR) is 157 cm³/mol. The molecule has 3 saturated heterocycles. The summed E-state index contributed by atoms with van der Waals surface area (Å²) in [5.41, 5.74) is -0.668. The Labute approximate surface area is 249 Å². The second-order valence-corrected chi connectivity index (χ2v) is 12.7. The lowest BCUT2D eigenvalue weighted by Gasteiger charge is -2.40. The fourth-order valence-electron chi connectivity index (χ4n) is 6.47. The standard InChI is InChI=1S/C30H38BrClN2O6/c1-5-7-8-9-15-39-29(38)23-24-27(36)34(22(17-35)18(3)4)26(30(24)16-21(31)25(23)40-30)28(37)33(14-6-2)20-12-10-19(32)11-13-20/h5-6,10-13,18,21-26,35H,1-2,7-9,14-17H2,3-4H3/t21?,22-,23-,24-,25-,26?,30?/m0/s1. The normalized spacial score (nSPS) is 29.4. The molecule has 2 bridgehead atoms. The molecule has 3 aliphatic rings. The van der Waals surface area contributed by atoms with E-state index in [1.165, 1.54) is 4.90 Å². The highest BCUT2D eigenvalue weighted by Crippen LogP contribution is 2.61. The SMILES string of the molecule is C=CCCCCOC(=O)[C@H]1[C@H]2C(=O)N([C@@H](CO)C(C)C)C(C(=O)N(CC=C)c3ccc(Cl)cc3)C23CC(Br)[C@@H]1O3. The molecule has 40 heavy (non-hydrogen) atoms. The van der Waals surface area contributed by atoms with Crippen LogP contribution in [0.15, 0.2) is 49.6 Å². The summed E-state index contributed by atoms with van der Waals surface area (Å²) >= 11 is 9.79. The summed E-state index contributed by atoms with van der Waals surface area (Å²) in [6.45, 7) is 11.4. The second-order valence-electron chi connectivity index (χ2n) is 11.1. The van der Waals surface area contributed by atoms with Gasteiger partial charge in [-0.25, -0.2) is 0 Å². The van der Waals surface area contributed by atoms with Crippen LogP contribution in [0.4, 0.5) is 5.69 Å². The van der Waals surface area contributed by atoms with E-state index in [0.717, 1.165) is 12.8 Å². The first-order valence-electron chi connectivity index (χ1n) is 13.8. The highest BCUT2D eigenvalue weighted by Gasteiger charge is 2.77.